The second kappa shape index (κ2) is 6.63. The van der Waals surface area contributed by atoms with Gasteiger partial charge in [0.2, 0.25) is 0 Å². The van der Waals surface area contributed by atoms with E-state index in [0.29, 0.717) is 12.1 Å². The van der Waals surface area contributed by atoms with Gasteiger partial charge in [-0.3, -0.25) is 0 Å². The Balaban J connectivity index is 1.76. The van der Waals surface area contributed by atoms with Crippen LogP contribution in [-0.4, -0.2) is 36.8 Å². The van der Waals surface area contributed by atoms with Crippen LogP contribution in [0.4, 0.5) is 5.13 Å². The molecule has 1 aromatic heterocycles. The number of hydrogen-bond donors (Lipinski definition) is 1. The lowest BCUT2D eigenvalue weighted by Gasteiger charge is -2.20. The number of nitrogens with zero attached hydrogens (tertiary/aromatic N) is 2. The van der Waals surface area contributed by atoms with Crippen LogP contribution in [0.2, 0.25) is 0 Å². The number of anilines is 1. The molecule has 1 N–H and O–H groups in total. The molecule has 2 heterocycles. The molecule has 1 aliphatic heterocycles. The van der Waals surface area contributed by atoms with E-state index >= 15 is 0 Å². The molecule has 2 aliphatic rings. The second-order valence-corrected chi connectivity index (χ2v) is 7.66. The van der Waals surface area contributed by atoms with Crippen LogP contribution >= 0.6 is 11.3 Å². The number of ether oxygens (including phenoxy) is 1. The Kier molecular flexibility index (Phi) is 4.82. The van der Waals surface area contributed by atoms with E-state index in [9.17, 15) is 0 Å². The highest BCUT2D eigenvalue weighted by Crippen LogP contribution is 2.44. The Morgan fingerprint density at radius 2 is 2.24 bits per heavy atom. The Hall–Kier alpha value is -0.650. The average molecular weight is 309 g/mol. The summed E-state index contributed by atoms with van der Waals surface area (Å²) in [6.07, 6.45) is 4.04. The van der Waals surface area contributed by atoms with Crippen LogP contribution in [0, 0.1) is 0 Å². The van der Waals surface area contributed by atoms with Gasteiger partial charge >= 0.3 is 0 Å². The van der Waals surface area contributed by atoms with Crippen molar-refractivity contribution in [2.75, 3.05) is 24.6 Å². The van der Waals surface area contributed by atoms with Crippen molar-refractivity contribution in [3.05, 3.63) is 10.6 Å². The molecule has 0 bridgehead atoms. The molecule has 1 aromatic rings. The summed E-state index contributed by atoms with van der Waals surface area (Å²) in [5.41, 5.74) is 1.36. The summed E-state index contributed by atoms with van der Waals surface area (Å²) in [4.78, 5) is 8.87. The van der Waals surface area contributed by atoms with Crippen molar-refractivity contribution in [1.82, 2.24) is 10.3 Å². The third kappa shape index (κ3) is 3.96. The maximum Gasteiger partial charge on any atom is 0.185 e. The molecule has 1 aliphatic carbocycles. The molecule has 1 saturated heterocycles. The Bertz CT molecular complexity index is 470. The van der Waals surface area contributed by atoms with E-state index in [1.165, 1.54) is 28.5 Å². The number of rotatable bonds is 5. The smallest absolute Gasteiger partial charge is 0.185 e. The number of thiazole rings is 1. The second-order valence-electron chi connectivity index (χ2n) is 6.60. The fourth-order valence-corrected chi connectivity index (χ4v) is 3.88. The molecule has 21 heavy (non-hydrogen) atoms. The normalized spacial score (nSPS) is 23.6. The molecule has 4 nitrogen and oxygen atoms in total. The third-order valence-corrected chi connectivity index (χ3v) is 5.21. The first-order valence-electron chi connectivity index (χ1n) is 8.23. The molecule has 2 fully saturated rings. The fraction of sp³-hybridized carbons (Fsp3) is 0.812. The van der Waals surface area contributed by atoms with Gasteiger partial charge in [-0.15, -0.1) is 11.3 Å². The SMILES string of the molecule is CC(C)NCc1sc(N2CCCOC(C)C2)nc1C1CC1. The summed E-state index contributed by atoms with van der Waals surface area (Å²) in [6.45, 7) is 10.4. The lowest BCUT2D eigenvalue weighted by molar-refractivity contribution is 0.0821. The van der Waals surface area contributed by atoms with Gasteiger partial charge in [0.25, 0.3) is 0 Å². The Morgan fingerprint density at radius 3 is 2.95 bits per heavy atom. The molecule has 0 aromatic carbocycles. The zero-order chi connectivity index (χ0) is 14.8. The van der Waals surface area contributed by atoms with E-state index in [1.54, 1.807) is 0 Å². The fourth-order valence-electron chi connectivity index (χ4n) is 2.75. The van der Waals surface area contributed by atoms with Crippen LogP contribution in [0.1, 0.15) is 56.5 Å². The standard InChI is InChI=1S/C16H27N3OS/c1-11(2)17-9-14-15(13-5-6-13)18-16(21-14)19-7-4-8-20-12(3)10-19/h11-13,17H,4-10H2,1-3H3. The highest BCUT2D eigenvalue weighted by atomic mass is 32.1. The molecular weight excluding hydrogens is 282 g/mol. The van der Waals surface area contributed by atoms with Gasteiger partial charge in [-0.25, -0.2) is 4.98 Å². The highest BCUT2D eigenvalue weighted by Gasteiger charge is 2.31. The van der Waals surface area contributed by atoms with E-state index in [-0.39, 0.29) is 0 Å². The predicted molar refractivity (Wildman–Crippen MR) is 88.3 cm³/mol. The average Bonchev–Trinajstić information content (AvgIpc) is 3.23. The molecule has 1 saturated carbocycles. The third-order valence-electron chi connectivity index (χ3n) is 4.07. The van der Waals surface area contributed by atoms with Gasteiger partial charge < -0.3 is 15.0 Å². The van der Waals surface area contributed by atoms with Crippen LogP contribution in [0.3, 0.4) is 0 Å². The predicted octanol–water partition coefficient (Wildman–Crippen LogP) is 3.13. The van der Waals surface area contributed by atoms with Crippen molar-refractivity contribution >= 4 is 16.5 Å². The summed E-state index contributed by atoms with van der Waals surface area (Å²) >= 11 is 1.88. The first-order valence-corrected chi connectivity index (χ1v) is 9.04. The molecule has 3 rings (SSSR count). The van der Waals surface area contributed by atoms with Crippen LogP contribution in [-0.2, 0) is 11.3 Å². The van der Waals surface area contributed by atoms with Gasteiger partial charge in [0, 0.05) is 43.1 Å². The topological polar surface area (TPSA) is 37.4 Å². The molecule has 5 heteroatoms. The lowest BCUT2D eigenvalue weighted by atomic mass is 10.2. The van der Waals surface area contributed by atoms with Gasteiger partial charge in [0.15, 0.2) is 5.13 Å². The monoisotopic (exact) mass is 309 g/mol. The minimum absolute atomic E-state index is 0.304. The van der Waals surface area contributed by atoms with Crippen LogP contribution in [0.15, 0.2) is 0 Å². The van der Waals surface area contributed by atoms with E-state index in [0.717, 1.165) is 38.6 Å². The van der Waals surface area contributed by atoms with Crippen molar-refractivity contribution in [1.29, 1.82) is 0 Å². The molecule has 0 radical (unpaired) electrons. The van der Waals surface area contributed by atoms with E-state index in [1.807, 2.05) is 11.3 Å². The van der Waals surface area contributed by atoms with Gasteiger partial charge in [0.1, 0.15) is 0 Å². The van der Waals surface area contributed by atoms with Crippen molar-refractivity contribution < 1.29 is 4.74 Å². The van der Waals surface area contributed by atoms with Crippen molar-refractivity contribution in [2.45, 2.75) is 64.6 Å². The molecule has 1 unspecified atom stereocenters. The summed E-state index contributed by atoms with van der Waals surface area (Å²) in [6, 6.07) is 0.522. The van der Waals surface area contributed by atoms with Gasteiger partial charge in [-0.2, -0.15) is 0 Å². The summed E-state index contributed by atoms with van der Waals surface area (Å²) in [5.74, 6) is 0.722. The Labute approximate surface area is 131 Å². The van der Waals surface area contributed by atoms with Gasteiger partial charge in [-0.1, -0.05) is 13.8 Å². The molecule has 1 atom stereocenters. The zero-order valence-electron chi connectivity index (χ0n) is 13.4. The van der Waals surface area contributed by atoms with E-state index in [2.05, 4.69) is 31.0 Å². The maximum atomic E-state index is 5.75. The van der Waals surface area contributed by atoms with Crippen LogP contribution in [0.5, 0.6) is 0 Å². The maximum absolute atomic E-state index is 5.75. The molecule has 0 amide bonds. The summed E-state index contributed by atoms with van der Waals surface area (Å²) in [5, 5.41) is 4.75. The quantitative estimate of drug-likeness (QED) is 0.907. The molecule has 118 valence electrons. The number of hydrogen-bond acceptors (Lipinski definition) is 5. The van der Waals surface area contributed by atoms with E-state index in [4.69, 9.17) is 9.72 Å². The van der Waals surface area contributed by atoms with E-state index < -0.39 is 0 Å². The van der Waals surface area contributed by atoms with Crippen LogP contribution in [0.25, 0.3) is 0 Å². The first kappa shape index (κ1) is 15.3. The zero-order valence-corrected chi connectivity index (χ0v) is 14.2. The summed E-state index contributed by atoms with van der Waals surface area (Å²) < 4.78 is 5.75. The number of aromatic nitrogens is 1. The van der Waals surface area contributed by atoms with Crippen molar-refractivity contribution in [2.24, 2.45) is 0 Å². The molecule has 0 spiro atoms. The summed E-state index contributed by atoms with van der Waals surface area (Å²) in [7, 11) is 0. The van der Waals surface area contributed by atoms with Crippen LogP contribution < -0.4 is 10.2 Å². The largest absolute Gasteiger partial charge is 0.377 e. The minimum atomic E-state index is 0.304. The Morgan fingerprint density at radius 1 is 1.43 bits per heavy atom. The lowest BCUT2D eigenvalue weighted by Crippen LogP contribution is -2.29. The minimum Gasteiger partial charge on any atom is -0.377 e. The number of nitrogens with one attached hydrogen (secondary N) is 1. The van der Waals surface area contributed by atoms with Gasteiger partial charge in [-0.05, 0) is 26.2 Å². The van der Waals surface area contributed by atoms with Crippen molar-refractivity contribution in [3.63, 3.8) is 0 Å². The van der Waals surface area contributed by atoms with Gasteiger partial charge in [0.05, 0.1) is 11.8 Å². The molecular formula is C16H27N3OS. The first-order chi connectivity index (χ1) is 10.1. The van der Waals surface area contributed by atoms with Crippen molar-refractivity contribution in [3.8, 4) is 0 Å². The highest BCUT2D eigenvalue weighted by molar-refractivity contribution is 7.15.